The summed E-state index contributed by atoms with van der Waals surface area (Å²) in [5.74, 6) is 0. The van der Waals surface area contributed by atoms with Crippen LogP contribution in [0.2, 0.25) is 0 Å². The zero-order valence-electron chi connectivity index (χ0n) is 10.7. The third-order valence-corrected chi connectivity index (χ3v) is 2.91. The largest absolute Gasteiger partial charge is 0.272 e. The first-order valence-corrected chi connectivity index (χ1v) is 5.67. The second kappa shape index (κ2) is 4.84. The molecule has 4 heteroatoms. The molecule has 2 rings (SSSR count). The third-order valence-electron chi connectivity index (χ3n) is 2.91. The molecule has 0 fully saturated rings. The molecule has 0 aliphatic heterocycles. The molecule has 0 amide bonds. The van der Waals surface area contributed by atoms with E-state index < -0.39 is 0 Å². The summed E-state index contributed by atoms with van der Waals surface area (Å²) in [6.07, 6.45) is 3.53. The lowest BCUT2D eigenvalue weighted by Crippen LogP contribution is -1.92. The zero-order chi connectivity index (χ0) is 13.1. The summed E-state index contributed by atoms with van der Waals surface area (Å²) in [5, 5.41) is 13.6. The highest BCUT2D eigenvalue weighted by Crippen LogP contribution is 2.20. The summed E-state index contributed by atoms with van der Waals surface area (Å²) in [6, 6.07) is 7.73. The second-order valence-corrected chi connectivity index (χ2v) is 4.09. The van der Waals surface area contributed by atoms with Crippen LogP contribution in [0, 0.1) is 25.2 Å². The van der Waals surface area contributed by atoms with E-state index in [2.05, 4.69) is 16.2 Å². The second-order valence-electron chi connectivity index (χ2n) is 4.09. The fraction of sp³-hybridized carbons (Fsp3) is 0.214. The van der Waals surface area contributed by atoms with Gasteiger partial charge in [-0.3, -0.25) is 9.67 Å². The van der Waals surface area contributed by atoms with Crippen molar-refractivity contribution in [2.24, 2.45) is 7.05 Å². The Hall–Kier alpha value is -2.41. The van der Waals surface area contributed by atoms with Crippen LogP contribution in [-0.4, -0.2) is 14.8 Å². The molecule has 4 nitrogen and oxygen atoms in total. The molecule has 18 heavy (non-hydrogen) atoms. The van der Waals surface area contributed by atoms with Gasteiger partial charge in [-0.05, 0) is 32.1 Å². The van der Waals surface area contributed by atoms with Gasteiger partial charge < -0.3 is 0 Å². The van der Waals surface area contributed by atoms with Crippen molar-refractivity contribution in [3.8, 4) is 6.07 Å². The average Bonchev–Trinajstić information content (AvgIpc) is 2.62. The molecule has 0 N–H and O–H groups in total. The minimum atomic E-state index is 0.551. The van der Waals surface area contributed by atoms with E-state index in [1.807, 2.05) is 49.9 Å². The van der Waals surface area contributed by atoms with Crippen LogP contribution < -0.4 is 0 Å². The van der Waals surface area contributed by atoms with Crippen LogP contribution in [-0.2, 0) is 7.05 Å². The maximum atomic E-state index is 9.24. The number of aromatic nitrogens is 3. The molecule has 90 valence electrons. The van der Waals surface area contributed by atoms with E-state index in [1.54, 1.807) is 6.20 Å². The molecule has 0 saturated heterocycles. The topological polar surface area (TPSA) is 54.5 Å². The summed E-state index contributed by atoms with van der Waals surface area (Å²) in [7, 11) is 1.90. The van der Waals surface area contributed by atoms with Crippen molar-refractivity contribution in [2.45, 2.75) is 13.8 Å². The molecular formula is C14H14N4. The molecule has 2 heterocycles. The molecule has 0 unspecified atom stereocenters. The van der Waals surface area contributed by atoms with Gasteiger partial charge in [-0.2, -0.15) is 10.4 Å². The molecule has 2 aromatic heterocycles. The first-order valence-electron chi connectivity index (χ1n) is 5.67. The van der Waals surface area contributed by atoms with Gasteiger partial charge in [-0.25, -0.2) is 0 Å². The van der Waals surface area contributed by atoms with Crippen LogP contribution in [0.1, 0.15) is 22.6 Å². The summed E-state index contributed by atoms with van der Waals surface area (Å²) in [5.41, 5.74) is 4.17. The zero-order valence-corrected chi connectivity index (χ0v) is 10.7. The van der Waals surface area contributed by atoms with E-state index in [9.17, 15) is 5.26 Å². The fourth-order valence-electron chi connectivity index (χ4n) is 1.83. The van der Waals surface area contributed by atoms with Gasteiger partial charge in [-0.15, -0.1) is 0 Å². The SMILES string of the molecule is Cc1nn(C)c(C)c1/C=C(\C#N)c1ccccn1. The number of rotatable bonds is 2. The van der Waals surface area contributed by atoms with Gasteiger partial charge in [0.15, 0.2) is 0 Å². The van der Waals surface area contributed by atoms with Crippen LogP contribution in [0.25, 0.3) is 11.6 Å². The maximum absolute atomic E-state index is 9.24. The molecular weight excluding hydrogens is 224 g/mol. The van der Waals surface area contributed by atoms with Crippen molar-refractivity contribution in [3.05, 3.63) is 47.0 Å². The Balaban J connectivity index is 2.52. The Kier molecular flexibility index (Phi) is 3.24. The Morgan fingerprint density at radius 2 is 2.17 bits per heavy atom. The van der Waals surface area contributed by atoms with Crippen molar-refractivity contribution in [1.29, 1.82) is 5.26 Å². The van der Waals surface area contributed by atoms with Crippen molar-refractivity contribution >= 4 is 11.6 Å². The monoisotopic (exact) mass is 238 g/mol. The molecule has 0 atom stereocenters. The number of nitrogens with zero attached hydrogens (tertiary/aromatic N) is 4. The van der Waals surface area contributed by atoms with Crippen molar-refractivity contribution in [2.75, 3.05) is 0 Å². The van der Waals surface area contributed by atoms with Crippen molar-refractivity contribution < 1.29 is 0 Å². The van der Waals surface area contributed by atoms with Crippen molar-refractivity contribution in [1.82, 2.24) is 14.8 Å². The quantitative estimate of drug-likeness (QED) is 0.755. The molecule has 2 aromatic rings. The lowest BCUT2D eigenvalue weighted by atomic mass is 10.1. The number of hydrogen-bond donors (Lipinski definition) is 0. The lowest BCUT2D eigenvalue weighted by Gasteiger charge is -1.99. The minimum absolute atomic E-state index is 0.551. The molecule has 0 spiro atoms. The molecule has 0 radical (unpaired) electrons. The normalized spacial score (nSPS) is 11.3. The highest BCUT2D eigenvalue weighted by molar-refractivity contribution is 5.89. The number of pyridine rings is 1. The van der Waals surface area contributed by atoms with Gasteiger partial charge in [0.05, 0.1) is 17.0 Å². The van der Waals surface area contributed by atoms with Crippen molar-refractivity contribution in [3.63, 3.8) is 0 Å². The summed E-state index contributed by atoms with van der Waals surface area (Å²) in [4.78, 5) is 4.19. The van der Waals surface area contributed by atoms with Gasteiger partial charge in [-0.1, -0.05) is 6.07 Å². The van der Waals surface area contributed by atoms with Gasteiger partial charge in [0.1, 0.15) is 6.07 Å². The predicted molar refractivity (Wildman–Crippen MR) is 70.4 cm³/mol. The molecule has 0 aromatic carbocycles. The van der Waals surface area contributed by atoms with Gasteiger partial charge in [0, 0.05) is 24.5 Å². The highest BCUT2D eigenvalue weighted by Gasteiger charge is 2.09. The number of aryl methyl sites for hydroxylation is 2. The lowest BCUT2D eigenvalue weighted by molar-refractivity contribution is 0.731. The maximum Gasteiger partial charge on any atom is 0.101 e. The Labute approximate surface area is 106 Å². The van der Waals surface area contributed by atoms with Crippen LogP contribution in [0.15, 0.2) is 24.4 Å². The number of hydrogen-bond acceptors (Lipinski definition) is 3. The Bertz CT molecular complexity index is 630. The van der Waals surface area contributed by atoms with Gasteiger partial charge in [0.2, 0.25) is 0 Å². The van der Waals surface area contributed by atoms with E-state index >= 15 is 0 Å². The Morgan fingerprint density at radius 3 is 2.67 bits per heavy atom. The summed E-state index contributed by atoms with van der Waals surface area (Å²) < 4.78 is 1.81. The molecule has 0 aliphatic carbocycles. The van der Waals surface area contributed by atoms with Crippen LogP contribution >= 0.6 is 0 Å². The fourth-order valence-corrected chi connectivity index (χ4v) is 1.83. The van der Waals surface area contributed by atoms with E-state index in [4.69, 9.17) is 0 Å². The average molecular weight is 238 g/mol. The molecule has 0 bridgehead atoms. The van der Waals surface area contributed by atoms with E-state index in [0.29, 0.717) is 11.3 Å². The number of allylic oxidation sites excluding steroid dienone is 1. The predicted octanol–water partition coefficient (Wildman–Crippen LogP) is 2.50. The molecule has 0 aliphatic rings. The van der Waals surface area contributed by atoms with Gasteiger partial charge in [0.25, 0.3) is 0 Å². The van der Waals surface area contributed by atoms with E-state index in [-0.39, 0.29) is 0 Å². The van der Waals surface area contributed by atoms with Crippen LogP contribution in [0.3, 0.4) is 0 Å². The van der Waals surface area contributed by atoms with E-state index in [0.717, 1.165) is 17.0 Å². The number of nitriles is 1. The van der Waals surface area contributed by atoms with Gasteiger partial charge >= 0.3 is 0 Å². The first kappa shape index (κ1) is 12.1. The van der Waals surface area contributed by atoms with Crippen LogP contribution in [0.5, 0.6) is 0 Å². The standard InChI is InChI=1S/C14H14N4/c1-10-13(11(2)18(3)17-10)8-12(9-15)14-6-4-5-7-16-14/h4-8H,1-3H3/b12-8+. The van der Waals surface area contributed by atoms with Crippen LogP contribution in [0.4, 0.5) is 0 Å². The Morgan fingerprint density at radius 1 is 1.39 bits per heavy atom. The summed E-state index contributed by atoms with van der Waals surface area (Å²) in [6.45, 7) is 3.92. The summed E-state index contributed by atoms with van der Waals surface area (Å²) >= 11 is 0. The highest BCUT2D eigenvalue weighted by atomic mass is 15.3. The smallest absolute Gasteiger partial charge is 0.101 e. The van der Waals surface area contributed by atoms with E-state index in [1.165, 1.54) is 0 Å². The first-order chi connectivity index (χ1) is 8.63. The third kappa shape index (κ3) is 2.16. The molecule has 0 saturated carbocycles. The minimum Gasteiger partial charge on any atom is -0.272 e.